The van der Waals surface area contributed by atoms with E-state index in [4.69, 9.17) is 4.42 Å². The zero-order valence-electron chi connectivity index (χ0n) is 18.9. The monoisotopic (exact) mass is 506 g/mol. The second-order valence-corrected chi connectivity index (χ2v) is 8.32. The molecular formula is C22H21F3N6O5. The Labute approximate surface area is 202 Å². The summed E-state index contributed by atoms with van der Waals surface area (Å²) in [5, 5.41) is 22.0. The van der Waals surface area contributed by atoms with E-state index < -0.39 is 29.4 Å². The van der Waals surface area contributed by atoms with Crippen LogP contribution >= 0.6 is 0 Å². The number of anilines is 4. The topological polar surface area (TPSA) is 143 Å². The summed E-state index contributed by atoms with van der Waals surface area (Å²) in [5.74, 6) is -1.56. The average Bonchev–Trinajstić information content (AvgIpc) is 3.29. The first-order valence-electron chi connectivity index (χ1n) is 10.7. The number of aliphatic carboxylic acids is 1. The van der Waals surface area contributed by atoms with Crippen LogP contribution in [0.25, 0.3) is 0 Å². The molecule has 0 radical (unpaired) electrons. The molecule has 0 bridgehead atoms. The van der Waals surface area contributed by atoms with E-state index in [2.05, 4.69) is 30.6 Å². The average molecular weight is 506 g/mol. The highest BCUT2D eigenvalue weighted by atomic mass is 19.4. The fraction of sp³-hybridized carbons (Fsp3) is 0.318. The zero-order chi connectivity index (χ0) is 25.9. The number of carboxylic acid groups (broad SMARTS) is 1. The van der Waals surface area contributed by atoms with Gasteiger partial charge in [0.15, 0.2) is 0 Å². The Bertz CT molecular complexity index is 1220. The molecule has 1 saturated heterocycles. The van der Waals surface area contributed by atoms with Gasteiger partial charge in [-0.1, -0.05) is 5.10 Å². The van der Waals surface area contributed by atoms with E-state index >= 15 is 0 Å². The minimum absolute atomic E-state index is 0.142. The van der Waals surface area contributed by atoms with Crippen molar-refractivity contribution in [2.75, 3.05) is 28.6 Å². The number of carbonyl (C=O) groups excluding carboxylic acids is 1. The number of hydrogen-bond donors (Lipinski definition) is 3. The number of carbonyl (C=O) groups is 2. The van der Waals surface area contributed by atoms with Crippen LogP contribution in [0.15, 0.2) is 47.0 Å². The van der Waals surface area contributed by atoms with Crippen LogP contribution in [0.4, 0.5) is 36.4 Å². The SMILES string of the molecule is CC1(C(=O)O)CCN(c2ccc(NC(=O)c3nnc(Nc4ccc(OC(F)(F)F)cc4)o3)cn2)CC1. The van der Waals surface area contributed by atoms with Gasteiger partial charge < -0.3 is 29.8 Å². The van der Waals surface area contributed by atoms with Crippen LogP contribution in [-0.4, -0.2) is 51.6 Å². The van der Waals surface area contributed by atoms with Crippen molar-refractivity contribution in [3.8, 4) is 5.75 Å². The highest BCUT2D eigenvalue weighted by Crippen LogP contribution is 2.33. The third-order valence-corrected chi connectivity index (χ3v) is 5.67. The van der Waals surface area contributed by atoms with Crippen LogP contribution < -0.4 is 20.3 Å². The van der Waals surface area contributed by atoms with Crippen molar-refractivity contribution < 1.29 is 37.0 Å². The molecular weight excluding hydrogens is 485 g/mol. The molecule has 1 fully saturated rings. The van der Waals surface area contributed by atoms with Crippen LogP contribution in [0.5, 0.6) is 5.75 Å². The Kier molecular flexibility index (Phi) is 6.68. The fourth-order valence-electron chi connectivity index (χ4n) is 3.50. The van der Waals surface area contributed by atoms with E-state index in [9.17, 15) is 27.9 Å². The van der Waals surface area contributed by atoms with Crippen molar-refractivity contribution in [3.63, 3.8) is 0 Å². The second-order valence-electron chi connectivity index (χ2n) is 8.32. The van der Waals surface area contributed by atoms with Crippen LogP contribution in [0.3, 0.4) is 0 Å². The summed E-state index contributed by atoms with van der Waals surface area (Å²) < 4.78 is 45.8. The van der Waals surface area contributed by atoms with Crippen molar-refractivity contribution in [1.29, 1.82) is 0 Å². The molecule has 4 rings (SSSR count). The second kappa shape index (κ2) is 9.71. The summed E-state index contributed by atoms with van der Waals surface area (Å²) >= 11 is 0. The number of nitrogens with zero attached hydrogens (tertiary/aromatic N) is 4. The summed E-state index contributed by atoms with van der Waals surface area (Å²) in [6, 6.07) is 8.04. The molecule has 1 aliphatic heterocycles. The third kappa shape index (κ3) is 6.00. The largest absolute Gasteiger partial charge is 0.573 e. The molecule has 3 aromatic rings. The summed E-state index contributed by atoms with van der Waals surface area (Å²) in [4.78, 5) is 30.1. The molecule has 0 spiro atoms. The predicted molar refractivity (Wildman–Crippen MR) is 120 cm³/mol. The number of carboxylic acids is 1. The molecule has 3 N–H and O–H groups in total. The number of amides is 1. The number of rotatable bonds is 7. The van der Waals surface area contributed by atoms with Crippen molar-refractivity contribution >= 4 is 35.1 Å². The molecule has 3 heterocycles. The molecule has 0 saturated carbocycles. The van der Waals surface area contributed by atoms with Gasteiger partial charge in [-0.25, -0.2) is 4.98 Å². The minimum Gasteiger partial charge on any atom is -0.481 e. The maximum Gasteiger partial charge on any atom is 0.573 e. The van der Waals surface area contributed by atoms with E-state index in [1.165, 1.54) is 18.3 Å². The quantitative estimate of drug-likeness (QED) is 0.429. The number of hydrogen-bond acceptors (Lipinski definition) is 9. The molecule has 14 heteroatoms. The van der Waals surface area contributed by atoms with Crippen LogP contribution in [-0.2, 0) is 4.79 Å². The van der Waals surface area contributed by atoms with Crippen molar-refractivity contribution in [2.24, 2.45) is 5.41 Å². The van der Waals surface area contributed by atoms with Gasteiger partial charge in [0.2, 0.25) is 0 Å². The highest BCUT2D eigenvalue weighted by molar-refractivity contribution is 6.00. The molecule has 1 aliphatic rings. The van der Waals surface area contributed by atoms with Crippen molar-refractivity contribution in [2.45, 2.75) is 26.1 Å². The first kappa shape index (κ1) is 24.8. The van der Waals surface area contributed by atoms with Gasteiger partial charge in [-0.15, -0.1) is 18.3 Å². The standard InChI is InChI=1S/C22H21F3N6O5/c1-21(19(33)34)8-10-31(11-9-21)16-7-4-14(12-26-16)27-17(32)18-29-30-20(35-18)28-13-2-5-15(6-3-13)36-22(23,24)25/h2-7,12H,8-11H2,1H3,(H,27,32)(H,28,30)(H,33,34). The lowest BCUT2D eigenvalue weighted by Crippen LogP contribution is -2.43. The summed E-state index contributed by atoms with van der Waals surface area (Å²) in [7, 11) is 0. The lowest BCUT2D eigenvalue weighted by molar-refractivity contribution is -0.274. The van der Waals surface area contributed by atoms with Gasteiger partial charge in [-0.2, -0.15) is 0 Å². The Hall–Kier alpha value is -4.36. The molecule has 36 heavy (non-hydrogen) atoms. The Balaban J connectivity index is 1.31. The minimum atomic E-state index is -4.79. The number of nitrogens with one attached hydrogen (secondary N) is 2. The normalized spacial score (nSPS) is 15.3. The van der Waals surface area contributed by atoms with Crippen LogP contribution in [0.1, 0.15) is 30.5 Å². The van der Waals surface area contributed by atoms with Crippen LogP contribution in [0.2, 0.25) is 0 Å². The Morgan fingerprint density at radius 2 is 1.75 bits per heavy atom. The zero-order valence-corrected chi connectivity index (χ0v) is 18.9. The molecule has 190 valence electrons. The summed E-state index contributed by atoms with van der Waals surface area (Å²) in [6.45, 7) is 2.84. The third-order valence-electron chi connectivity index (χ3n) is 5.67. The van der Waals surface area contributed by atoms with Gasteiger partial charge in [0.25, 0.3) is 0 Å². The van der Waals surface area contributed by atoms with E-state index in [-0.39, 0.29) is 11.9 Å². The fourth-order valence-corrected chi connectivity index (χ4v) is 3.50. The number of benzene rings is 1. The lowest BCUT2D eigenvalue weighted by atomic mass is 9.80. The first-order chi connectivity index (χ1) is 17.0. The number of aromatic nitrogens is 3. The predicted octanol–water partition coefficient (Wildman–Crippen LogP) is 4.05. The maximum atomic E-state index is 12.4. The van der Waals surface area contributed by atoms with E-state index in [1.54, 1.807) is 19.1 Å². The van der Waals surface area contributed by atoms with Gasteiger partial charge in [-0.3, -0.25) is 9.59 Å². The van der Waals surface area contributed by atoms with E-state index in [0.717, 1.165) is 12.1 Å². The van der Waals surface area contributed by atoms with Gasteiger partial charge >= 0.3 is 30.1 Å². The lowest BCUT2D eigenvalue weighted by Gasteiger charge is -2.37. The maximum absolute atomic E-state index is 12.4. The number of alkyl halides is 3. The van der Waals surface area contributed by atoms with Crippen LogP contribution in [0, 0.1) is 5.41 Å². The molecule has 0 aliphatic carbocycles. The number of piperidine rings is 1. The van der Waals surface area contributed by atoms with Gasteiger partial charge in [0, 0.05) is 18.8 Å². The Morgan fingerprint density at radius 1 is 1.08 bits per heavy atom. The molecule has 11 nitrogen and oxygen atoms in total. The van der Waals surface area contributed by atoms with Gasteiger partial charge in [0.05, 0.1) is 17.3 Å². The smallest absolute Gasteiger partial charge is 0.481 e. The Morgan fingerprint density at radius 3 is 2.33 bits per heavy atom. The number of pyridine rings is 1. The van der Waals surface area contributed by atoms with E-state index in [0.29, 0.717) is 43.1 Å². The van der Waals surface area contributed by atoms with Crippen molar-refractivity contribution in [1.82, 2.24) is 15.2 Å². The first-order valence-corrected chi connectivity index (χ1v) is 10.7. The van der Waals surface area contributed by atoms with Crippen molar-refractivity contribution in [3.05, 3.63) is 48.5 Å². The van der Waals surface area contributed by atoms with E-state index in [1.807, 2.05) is 4.90 Å². The highest BCUT2D eigenvalue weighted by Gasteiger charge is 2.37. The summed E-state index contributed by atoms with van der Waals surface area (Å²) in [5.41, 5.74) is -0.0295. The number of halogens is 3. The molecule has 0 unspecified atom stereocenters. The molecule has 1 amide bonds. The molecule has 2 aromatic heterocycles. The summed E-state index contributed by atoms with van der Waals surface area (Å²) in [6.07, 6.45) is -2.33. The molecule has 1 aromatic carbocycles. The van der Waals surface area contributed by atoms with Gasteiger partial charge in [0.1, 0.15) is 11.6 Å². The van der Waals surface area contributed by atoms with Gasteiger partial charge in [-0.05, 0) is 56.2 Å². The molecule has 0 atom stereocenters. The number of ether oxygens (including phenoxy) is 1.